The zero-order chi connectivity index (χ0) is 15.1. The molecule has 1 aromatic heterocycles. The largest absolute Gasteiger partial charge is 0.243 e. The molecule has 0 aliphatic heterocycles. The van der Waals surface area contributed by atoms with Gasteiger partial charge in [-0.05, 0) is 6.07 Å². The fourth-order valence-electron chi connectivity index (χ4n) is 3.14. The first-order chi connectivity index (χ1) is 10.8. The molecular formula is C21H16NY-. The zero-order valence-corrected chi connectivity index (χ0v) is 16.1. The van der Waals surface area contributed by atoms with Crippen molar-refractivity contribution in [1.82, 2.24) is 0 Å². The van der Waals surface area contributed by atoms with E-state index >= 15 is 0 Å². The summed E-state index contributed by atoms with van der Waals surface area (Å²) >= 11 is 0. The molecule has 0 amide bonds. The molecule has 4 rings (SSSR count). The van der Waals surface area contributed by atoms with Crippen LogP contribution in [0.25, 0.3) is 32.8 Å². The maximum absolute atomic E-state index is 3.49. The Morgan fingerprint density at radius 2 is 1.70 bits per heavy atom. The van der Waals surface area contributed by atoms with E-state index in [-0.39, 0.29) is 32.7 Å². The summed E-state index contributed by atoms with van der Waals surface area (Å²) in [6.07, 6.45) is 2.11. The van der Waals surface area contributed by atoms with E-state index in [1.165, 1.54) is 27.4 Å². The number of benzene rings is 3. The number of pyridine rings is 1. The smallest absolute Gasteiger partial charge is 0.151 e. The predicted octanol–water partition coefficient (Wildman–Crippen LogP) is 4.39. The molecule has 0 saturated heterocycles. The van der Waals surface area contributed by atoms with Crippen LogP contribution >= 0.6 is 0 Å². The van der Waals surface area contributed by atoms with Gasteiger partial charge in [-0.2, -0.15) is 0 Å². The van der Waals surface area contributed by atoms with Crippen molar-refractivity contribution in [3.8, 4) is 11.3 Å². The Kier molecular flexibility index (Phi) is 4.61. The first-order valence-electron chi connectivity index (χ1n) is 7.45. The molecule has 0 aliphatic rings. The third kappa shape index (κ3) is 2.73. The molecular weight excluding hydrogens is 355 g/mol. The molecule has 0 bridgehead atoms. The average molecular weight is 371 g/mol. The Hall–Kier alpha value is -1.57. The normalized spacial score (nSPS) is 10.7. The summed E-state index contributed by atoms with van der Waals surface area (Å²) < 4.78 is 2.16. The van der Waals surface area contributed by atoms with Crippen molar-refractivity contribution in [1.29, 1.82) is 0 Å². The van der Waals surface area contributed by atoms with Crippen molar-refractivity contribution >= 4 is 21.5 Å². The molecule has 1 radical (unpaired) electrons. The third-order valence-electron chi connectivity index (χ3n) is 4.30. The van der Waals surface area contributed by atoms with E-state index in [0.717, 1.165) is 10.9 Å². The van der Waals surface area contributed by atoms with Gasteiger partial charge in [0.15, 0.2) is 6.20 Å². The van der Waals surface area contributed by atoms with E-state index in [0.29, 0.717) is 0 Å². The van der Waals surface area contributed by atoms with Gasteiger partial charge in [0.1, 0.15) is 12.7 Å². The van der Waals surface area contributed by atoms with Crippen LogP contribution in [-0.2, 0) is 39.8 Å². The molecule has 0 aliphatic carbocycles. The summed E-state index contributed by atoms with van der Waals surface area (Å²) in [5.41, 5.74) is 3.58. The molecule has 23 heavy (non-hydrogen) atoms. The van der Waals surface area contributed by atoms with Gasteiger partial charge in [-0.3, -0.25) is 0 Å². The molecule has 109 valence electrons. The van der Waals surface area contributed by atoms with Crippen LogP contribution in [0, 0.1) is 19.1 Å². The van der Waals surface area contributed by atoms with Gasteiger partial charge >= 0.3 is 0 Å². The zero-order valence-electron chi connectivity index (χ0n) is 13.3. The van der Waals surface area contributed by atoms with Crippen molar-refractivity contribution in [2.75, 3.05) is 0 Å². The predicted molar refractivity (Wildman–Crippen MR) is 90.5 cm³/mol. The van der Waals surface area contributed by atoms with Crippen molar-refractivity contribution in [3.05, 3.63) is 78.5 Å². The van der Waals surface area contributed by atoms with Crippen LogP contribution in [0.15, 0.2) is 60.8 Å². The summed E-state index contributed by atoms with van der Waals surface area (Å²) in [6, 6.07) is 25.7. The van der Waals surface area contributed by atoms with Crippen molar-refractivity contribution in [3.63, 3.8) is 0 Å². The summed E-state index contributed by atoms with van der Waals surface area (Å²) in [5, 5.41) is 4.86. The Balaban J connectivity index is 0.00000156. The molecule has 4 aromatic rings. The number of rotatable bonds is 1. The minimum Gasteiger partial charge on any atom is -0.243 e. The molecule has 1 nitrogen and oxygen atoms in total. The first-order valence-corrected chi connectivity index (χ1v) is 7.45. The van der Waals surface area contributed by atoms with Crippen LogP contribution in [0.4, 0.5) is 0 Å². The molecule has 0 N–H and O–H groups in total. The fourth-order valence-corrected chi connectivity index (χ4v) is 3.14. The second kappa shape index (κ2) is 6.51. The van der Waals surface area contributed by atoms with Crippen molar-refractivity contribution in [2.24, 2.45) is 7.05 Å². The summed E-state index contributed by atoms with van der Waals surface area (Å²) in [5.74, 6) is 0. The van der Waals surface area contributed by atoms with Crippen molar-refractivity contribution < 1.29 is 37.3 Å². The van der Waals surface area contributed by atoms with E-state index in [1.54, 1.807) is 0 Å². The SMILES string of the molecule is Cc1c(-c2c3[c-]cccc3cc[n+]2C)[c-]cc2ccccc12.[Y]. The maximum Gasteiger partial charge on any atom is 0.151 e. The minimum atomic E-state index is 0. The number of hydrogen-bond donors (Lipinski definition) is 0. The Labute approximate surface area is 161 Å². The average Bonchev–Trinajstić information content (AvgIpc) is 2.56. The number of aryl methyl sites for hydroxylation is 2. The molecule has 0 unspecified atom stereocenters. The van der Waals surface area contributed by atoms with Crippen LogP contribution < -0.4 is 4.57 Å². The van der Waals surface area contributed by atoms with Crippen LogP contribution in [0.5, 0.6) is 0 Å². The van der Waals surface area contributed by atoms with Crippen LogP contribution in [0.2, 0.25) is 0 Å². The number of hydrogen-bond acceptors (Lipinski definition) is 0. The minimum absolute atomic E-state index is 0. The Morgan fingerprint density at radius 1 is 0.913 bits per heavy atom. The topological polar surface area (TPSA) is 3.88 Å². The van der Waals surface area contributed by atoms with Crippen LogP contribution in [0.3, 0.4) is 0 Å². The van der Waals surface area contributed by atoms with Gasteiger partial charge in [0.2, 0.25) is 0 Å². The number of aromatic nitrogens is 1. The first kappa shape index (κ1) is 16.3. The van der Waals surface area contributed by atoms with Crippen LogP contribution in [-0.4, -0.2) is 0 Å². The van der Waals surface area contributed by atoms with Gasteiger partial charge in [-0.25, -0.2) is 4.57 Å². The molecule has 0 atom stereocenters. The number of fused-ring (bicyclic) bond motifs is 2. The van der Waals surface area contributed by atoms with Gasteiger partial charge in [-0.15, -0.1) is 42.0 Å². The van der Waals surface area contributed by atoms with Gasteiger partial charge in [0, 0.05) is 32.7 Å². The molecule has 0 spiro atoms. The second-order valence-electron chi connectivity index (χ2n) is 5.65. The Morgan fingerprint density at radius 3 is 2.57 bits per heavy atom. The molecule has 2 heteroatoms. The van der Waals surface area contributed by atoms with E-state index in [2.05, 4.69) is 79.3 Å². The van der Waals surface area contributed by atoms with Gasteiger partial charge in [0.25, 0.3) is 0 Å². The van der Waals surface area contributed by atoms with Gasteiger partial charge in [-0.1, -0.05) is 58.3 Å². The number of nitrogens with zero attached hydrogens (tertiary/aromatic N) is 1. The van der Waals surface area contributed by atoms with E-state index in [9.17, 15) is 0 Å². The second-order valence-corrected chi connectivity index (χ2v) is 5.65. The standard InChI is InChI=1S/C21H16N.Y/c1-15-18-9-5-3-7-16(18)11-12-19(15)21-20-10-6-4-8-17(20)13-14-22(21)2;/h3-9,11,13-14H,1-2H3;/q-1;. The molecule has 0 saturated carbocycles. The van der Waals surface area contributed by atoms with E-state index < -0.39 is 0 Å². The van der Waals surface area contributed by atoms with E-state index in [4.69, 9.17) is 0 Å². The van der Waals surface area contributed by atoms with Gasteiger partial charge < -0.3 is 0 Å². The summed E-state index contributed by atoms with van der Waals surface area (Å²) in [4.78, 5) is 0. The summed E-state index contributed by atoms with van der Waals surface area (Å²) in [6.45, 7) is 2.18. The van der Waals surface area contributed by atoms with Gasteiger partial charge in [0.05, 0.1) is 0 Å². The molecule has 1 heterocycles. The van der Waals surface area contributed by atoms with E-state index in [1.807, 2.05) is 12.1 Å². The monoisotopic (exact) mass is 371 g/mol. The van der Waals surface area contributed by atoms with Crippen LogP contribution in [0.1, 0.15) is 5.56 Å². The maximum atomic E-state index is 3.49. The molecule has 3 aromatic carbocycles. The summed E-state index contributed by atoms with van der Waals surface area (Å²) in [7, 11) is 2.08. The van der Waals surface area contributed by atoms with Crippen molar-refractivity contribution in [2.45, 2.75) is 6.92 Å². The third-order valence-corrected chi connectivity index (χ3v) is 4.30. The Bertz CT molecular complexity index is 1000. The fraction of sp³-hybridized carbons (Fsp3) is 0.0952. The quantitative estimate of drug-likeness (QED) is 0.345. The molecule has 0 fully saturated rings.